The number of amides is 1. The first-order chi connectivity index (χ1) is 9.15. The summed E-state index contributed by atoms with van der Waals surface area (Å²) in [6, 6.07) is 5.19. The Kier molecular flexibility index (Phi) is 4.20. The van der Waals surface area contributed by atoms with Crippen molar-refractivity contribution in [1.29, 1.82) is 5.26 Å². The number of hydrogen-bond acceptors (Lipinski definition) is 5. The number of pyridine rings is 1. The molecule has 1 aromatic heterocycles. The molecule has 6 nitrogen and oxygen atoms in total. The smallest absolute Gasteiger partial charge is 0.248 e. The summed E-state index contributed by atoms with van der Waals surface area (Å²) in [6.45, 7) is 1.70. The molecule has 0 spiro atoms. The number of hydrogen-bond donors (Lipinski definition) is 1. The largest absolute Gasteiger partial charge is 0.387 e. The maximum atomic E-state index is 11.4. The summed E-state index contributed by atoms with van der Waals surface area (Å²) in [7, 11) is 0. The highest BCUT2D eigenvalue weighted by Crippen LogP contribution is 2.24. The van der Waals surface area contributed by atoms with Crippen molar-refractivity contribution in [3.05, 3.63) is 22.8 Å². The number of rotatable bonds is 2. The van der Waals surface area contributed by atoms with E-state index in [9.17, 15) is 4.79 Å². The van der Waals surface area contributed by atoms with Gasteiger partial charge in [0.25, 0.3) is 0 Å². The van der Waals surface area contributed by atoms with Gasteiger partial charge in [-0.05, 0) is 12.1 Å². The normalized spacial score (nSPS) is 15.2. The molecule has 1 aliphatic rings. The second-order valence-electron chi connectivity index (χ2n) is 4.14. The molecule has 1 aliphatic heterocycles. The van der Waals surface area contributed by atoms with E-state index in [1.807, 2.05) is 11.0 Å². The minimum Gasteiger partial charge on any atom is -0.387 e. The van der Waals surface area contributed by atoms with Crippen LogP contribution in [0.15, 0.2) is 12.1 Å². The molecule has 2 rings (SSSR count). The lowest BCUT2D eigenvalue weighted by molar-refractivity contribution is -0.134. The van der Waals surface area contributed by atoms with Gasteiger partial charge in [0, 0.05) is 26.2 Å². The molecule has 0 aliphatic carbocycles. The number of aliphatic hydroxyl groups is 1. The van der Waals surface area contributed by atoms with Crippen LogP contribution in [0.25, 0.3) is 0 Å². The Morgan fingerprint density at radius 3 is 2.68 bits per heavy atom. The zero-order valence-electron chi connectivity index (χ0n) is 10.2. The van der Waals surface area contributed by atoms with E-state index in [2.05, 4.69) is 4.98 Å². The molecule has 0 unspecified atom stereocenters. The van der Waals surface area contributed by atoms with E-state index in [0.717, 1.165) is 0 Å². The van der Waals surface area contributed by atoms with Crippen LogP contribution in [0.4, 0.5) is 5.82 Å². The molecule has 7 heteroatoms. The van der Waals surface area contributed by atoms with Crippen LogP contribution < -0.4 is 4.90 Å². The van der Waals surface area contributed by atoms with Gasteiger partial charge in [-0.1, -0.05) is 11.6 Å². The number of nitrogens with zero attached hydrogens (tertiary/aromatic N) is 4. The van der Waals surface area contributed by atoms with E-state index < -0.39 is 6.61 Å². The minimum absolute atomic E-state index is 0.274. The van der Waals surface area contributed by atoms with Crippen LogP contribution in [0.1, 0.15) is 5.69 Å². The zero-order valence-corrected chi connectivity index (χ0v) is 11.0. The molecule has 0 aromatic carbocycles. The quantitative estimate of drug-likeness (QED) is 0.840. The third-order valence-electron chi connectivity index (χ3n) is 3.01. The lowest BCUT2D eigenvalue weighted by Gasteiger charge is -2.35. The highest BCUT2D eigenvalue weighted by atomic mass is 35.5. The number of halogens is 1. The summed E-state index contributed by atoms with van der Waals surface area (Å²) in [6.07, 6.45) is 0. The third-order valence-corrected chi connectivity index (χ3v) is 3.30. The fourth-order valence-corrected chi connectivity index (χ4v) is 2.21. The number of carbonyl (C=O) groups excluding carboxylic acids is 1. The van der Waals surface area contributed by atoms with Crippen molar-refractivity contribution in [2.24, 2.45) is 0 Å². The summed E-state index contributed by atoms with van der Waals surface area (Å²) >= 11 is 6.08. The summed E-state index contributed by atoms with van der Waals surface area (Å²) in [5.41, 5.74) is 0.313. The van der Waals surface area contributed by atoms with Crippen molar-refractivity contribution < 1.29 is 9.90 Å². The first kappa shape index (κ1) is 13.6. The fraction of sp³-hybridized carbons (Fsp3) is 0.417. The standard InChI is InChI=1S/C12H13ClN4O2/c13-10-2-1-9(7-14)15-12(10)17-5-3-16(4-6-17)11(19)8-18/h1-2,18H,3-6,8H2. The summed E-state index contributed by atoms with van der Waals surface area (Å²) in [5, 5.41) is 18.1. The number of aromatic nitrogens is 1. The lowest BCUT2D eigenvalue weighted by Crippen LogP contribution is -2.49. The second kappa shape index (κ2) is 5.87. The Morgan fingerprint density at radius 1 is 1.42 bits per heavy atom. The Labute approximate surface area is 115 Å². The molecule has 19 heavy (non-hydrogen) atoms. The summed E-state index contributed by atoms with van der Waals surface area (Å²) < 4.78 is 0. The van der Waals surface area contributed by atoms with Gasteiger partial charge in [0.05, 0.1) is 5.02 Å². The molecular weight excluding hydrogens is 268 g/mol. The van der Waals surface area contributed by atoms with Gasteiger partial charge in [0.15, 0.2) is 0 Å². The van der Waals surface area contributed by atoms with E-state index in [0.29, 0.717) is 42.7 Å². The van der Waals surface area contributed by atoms with Crippen LogP contribution in [-0.2, 0) is 4.79 Å². The van der Waals surface area contributed by atoms with E-state index in [1.54, 1.807) is 17.0 Å². The topological polar surface area (TPSA) is 80.5 Å². The second-order valence-corrected chi connectivity index (χ2v) is 4.55. The van der Waals surface area contributed by atoms with Gasteiger partial charge in [-0.15, -0.1) is 0 Å². The maximum absolute atomic E-state index is 11.4. The van der Waals surface area contributed by atoms with Crippen LogP contribution in [0.3, 0.4) is 0 Å². The average molecular weight is 281 g/mol. The summed E-state index contributed by atoms with van der Waals surface area (Å²) in [4.78, 5) is 19.1. The van der Waals surface area contributed by atoms with Crippen LogP contribution in [-0.4, -0.2) is 53.7 Å². The first-order valence-corrected chi connectivity index (χ1v) is 6.23. The van der Waals surface area contributed by atoms with Crippen molar-refractivity contribution in [3.8, 4) is 6.07 Å². The molecular formula is C12H13ClN4O2. The molecule has 1 amide bonds. The number of nitriles is 1. The van der Waals surface area contributed by atoms with Gasteiger partial charge < -0.3 is 14.9 Å². The molecule has 0 atom stereocenters. The average Bonchev–Trinajstić information content (AvgIpc) is 2.47. The van der Waals surface area contributed by atoms with Crippen molar-refractivity contribution >= 4 is 23.3 Å². The van der Waals surface area contributed by atoms with Gasteiger partial charge in [-0.25, -0.2) is 4.98 Å². The Morgan fingerprint density at radius 2 is 2.11 bits per heavy atom. The van der Waals surface area contributed by atoms with Gasteiger partial charge in [-0.3, -0.25) is 4.79 Å². The fourth-order valence-electron chi connectivity index (χ4n) is 1.98. The molecule has 1 aromatic rings. The third kappa shape index (κ3) is 2.95. The molecule has 1 fully saturated rings. The van der Waals surface area contributed by atoms with E-state index >= 15 is 0 Å². The van der Waals surface area contributed by atoms with E-state index in [4.69, 9.17) is 22.0 Å². The van der Waals surface area contributed by atoms with E-state index in [-0.39, 0.29) is 5.91 Å². The molecule has 0 bridgehead atoms. The number of carbonyl (C=O) groups is 1. The molecule has 1 N–H and O–H groups in total. The molecule has 0 saturated carbocycles. The number of aliphatic hydroxyl groups excluding tert-OH is 1. The van der Waals surface area contributed by atoms with Crippen molar-refractivity contribution in [2.45, 2.75) is 0 Å². The van der Waals surface area contributed by atoms with Gasteiger partial charge in [-0.2, -0.15) is 5.26 Å². The molecule has 1 saturated heterocycles. The van der Waals surface area contributed by atoms with Crippen molar-refractivity contribution in [3.63, 3.8) is 0 Å². The van der Waals surface area contributed by atoms with E-state index in [1.165, 1.54) is 0 Å². The minimum atomic E-state index is -0.469. The molecule has 0 radical (unpaired) electrons. The Hall–Kier alpha value is -1.84. The summed E-state index contributed by atoms with van der Waals surface area (Å²) in [5.74, 6) is 0.293. The highest BCUT2D eigenvalue weighted by molar-refractivity contribution is 6.32. The maximum Gasteiger partial charge on any atom is 0.248 e. The SMILES string of the molecule is N#Cc1ccc(Cl)c(N2CCN(C(=O)CO)CC2)n1. The van der Waals surface area contributed by atoms with Crippen molar-refractivity contribution in [2.75, 3.05) is 37.7 Å². The predicted molar refractivity (Wildman–Crippen MR) is 69.8 cm³/mol. The van der Waals surface area contributed by atoms with Crippen LogP contribution in [0.2, 0.25) is 5.02 Å². The Balaban J connectivity index is 2.10. The zero-order chi connectivity index (χ0) is 13.8. The van der Waals surface area contributed by atoms with Gasteiger partial charge in [0.2, 0.25) is 5.91 Å². The molecule has 100 valence electrons. The monoisotopic (exact) mass is 280 g/mol. The lowest BCUT2D eigenvalue weighted by atomic mass is 10.3. The predicted octanol–water partition coefficient (Wildman–Crippen LogP) is 0.248. The highest BCUT2D eigenvalue weighted by Gasteiger charge is 2.22. The van der Waals surface area contributed by atoms with Gasteiger partial charge in [0.1, 0.15) is 24.2 Å². The number of anilines is 1. The van der Waals surface area contributed by atoms with Crippen LogP contribution >= 0.6 is 11.6 Å². The van der Waals surface area contributed by atoms with Gasteiger partial charge >= 0.3 is 0 Å². The van der Waals surface area contributed by atoms with Crippen LogP contribution in [0.5, 0.6) is 0 Å². The first-order valence-electron chi connectivity index (χ1n) is 5.86. The number of piperazine rings is 1. The molecule has 2 heterocycles. The van der Waals surface area contributed by atoms with Crippen molar-refractivity contribution in [1.82, 2.24) is 9.88 Å². The van der Waals surface area contributed by atoms with Crippen LogP contribution in [0, 0.1) is 11.3 Å². The Bertz CT molecular complexity index is 521.